The van der Waals surface area contributed by atoms with Crippen molar-refractivity contribution in [1.29, 1.82) is 0 Å². The zero-order valence-electron chi connectivity index (χ0n) is 18.0. The number of para-hydroxylation sites is 1. The van der Waals surface area contributed by atoms with Crippen LogP contribution in [0.5, 0.6) is 0 Å². The third-order valence-corrected chi connectivity index (χ3v) is 6.13. The highest BCUT2D eigenvalue weighted by atomic mass is 35.5. The van der Waals surface area contributed by atoms with Gasteiger partial charge in [-0.1, -0.05) is 29.8 Å². The molecule has 1 atom stereocenters. The van der Waals surface area contributed by atoms with Crippen LogP contribution in [-0.4, -0.2) is 53.9 Å². The van der Waals surface area contributed by atoms with E-state index in [0.29, 0.717) is 36.1 Å². The summed E-state index contributed by atoms with van der Waals surface area (Å²) < 4.78 is 5.37. The molecular formula is C23H27ClN4O4. The van der Waals surface area contributed by atoms with Gasteiger partial charge in [-0.05, 0) is 37.5 Å². The molecule has 2 aromatic rings. The van der Waals surface area contributed by atoms with Crippen LogP contribution < -0.4 is 15.1 Å². The lowest BCUT2D eigenvalue weighted by Gasteiger charge is -2.40. The number of hydrogen-bond acceptors (Lipinski definition) is 6. The topological polar surface area (TPSA) is 95.0 Å². The maximum atomic E-state index is 12.5. The van der Waals surface area contributed by atoms with Crippen molar-refractivity contribution in [2.45, 2.75) is 44.9 Å². The molecule has 2 amide bonds. The lowest BCUT2D eigenvalue weighted by atomic mass is 10.0. The van der Waals surface area contributed by atoms with E-state index in [1.54, 1.807) is 24.1 Å². The van der Waals surface area contributed by atoms with Crippen molar-refractivity contribution < 1.29 is 19.4 Å². The molecule has 0 bridgehead atoms. The van der Waals surface area contributed by atoms with E-state index in [1.165, 1.54) is 0 Å². The summed E-state index contributed by atoms with van der Waals surface area (Å²) in [6.45, 7) is 3.35. The lowest BCUT2D eigenvalue weighted by molar-refractivity contribution is -0.121. The van der Waals surface area contributed by atoms with Crippen LogP contribution in [0.1, 0.15) is 30.9 Å². The van der Waals surface area contributed by atoms with Gasteiger partial charge in [0, 0.05) is 36.9 Å². The molecule has 2 aliphatic rings. The predicted molar refractivity (Wildman–Crippen MR) is 122 cm³/mol. The Morgan fingerprint density at radius 1 is 1.34 bits per heavy atom. The van der Waals surface area contributed by atoms with Crippen LogP contribution in [0.4, 0.5) is 16.3 Å². The zero-order chi connectivity index (χ0) is 22.7. The van der Waals surface area contributed by atoms with Crippen molar-refractivity contribution >= 4 is 35.1 Å². The minimum absolute atomic E-state index is 0.0514. The molecule has 2 aliphatic heterocycles. The lowest BCUT2D eigenvalue weighted by Crippen LogP contribution is -2.49. The van der Waals surface area contributed by atoms with Gasteiger partial charge in [-0.2, -0.15) is 0 Å². The van der Waals surface area contributed by atoms with Gasteiger partial charge in [-0.25, -0.2) is 9.78 Å². The fourth-order valence-corrected chi connectivity index (χ4v) is 4.52. The average molecular weight is 459 g/mol. The van der Waals surface area contributed by atoms with Crippen LogP contribution in [-0.2, 0) is 22.6 Å². The van der Waals surface area contributed by atoms with Crippen LogP contribution in [0.2, 0.25) is 5.02 Å². The van der Waals surface area contributed by atoms with E-state index in [4.69, 9.17) is 21.4 Å². The number of halogens is 1. The van der Waals surface area contributed by atoms with Crippen LogP contribution >= 0.6 is 11.6 Å². The highest BCUT2D eigenvalue weighted by molar-refractivity contribution is 6.33. The first-order valence-corrected chi connectivity index (χ1v) is 11.2. The first kappa shape index (κ1) is 22.4. The number of anilines is 2. The molecule has 8 nitrogen and oxygen atoms in total. The molecule has 0 radical (unpaired) electrons. The summed E-state index contributed by atoms with van der Waals surface area (Å²) in [6.07, 6.45) is 3.05. The number of carbonyl (C=O) groups is 2. The minimum Gasteiger partial charge on any atom is -0.444 e. The van der Waals surface area contributed by atoms with E-state index < -0.39 is 0 Å². The summed E-state index contributed by atoms with van der Waals surface area (Å²) >= 11 is 6.49. The van der Waals surface area contributed by atoms with Gasteiger partial charge in [0.1, 0.15) is 12.4 Å². The Hall–Kier alpha value is -2.84. The van der Waals surface area contributed by atoms with Crippen LogP contribution in [0.3, 0.4) is 0 Å². The smallest absolute Gasteiger partial charge is 0.414 e. The molecule has 1 fully saturated rings. The van der Waals surface area contributed by atoms with Gasteiger partial charge in [0.05, 0.1) is 23.7 Å². The van der Waals surface area contributed by atoms with Crippen molar-refractivity contribution in [1.82, 2.24) is 10.3 Å². The summed E-state index contributed by atoms with van der Waals surface area (Å²) in [5.41, 5.74) is 2.66. The molecule has 1 unspecified atom stereocenters. The second kappa shape index (κ2) is 9.75. The Morgan fingerprint density at radius 3 is 2.81 bits per heavy atom. The molecular weight excluding hydrogens is 432 g/mol. The number of pyridine rings is 1. The molecule has 9 heteroatoms. The van der Waals surface area contributed by atoms with Gasteiger partial charge in [0.25, 0.3) is 0 Å². The summed E-state index contributed by atoms with van der Waals surface area (Å²) in [7, 11) is 0. The van der Waals surface area contributed by atoms with Gasteiger partial charge in [-0.3, -0.25) is 9.69 Å². The number of rotatable bonds is 6. The third-order valence-electron chi connectivity index (χ3n) is 5.85. The SMILES string of the molecule is CC(CO)NC(=O)Cc1cnc(N2CCC(N3C(=O)OCc4ccccc43)CC2)c(Cl)c1. The summed E-state index contributed by atoms with van der Waals surface area (Å²) in [5.74, 6) is 0.492. The fourth-order valence-electron chi connectivity index (χ4n) is 4.21. The van der Waals surface area contributed by atoms with Crippen LogP contribution in [0, 0.1) is 0 Å². The van der Waals surface area contributed by atoms with Crippen molar-refractivity contribution in [3.8, 4) is 0 Å². The Balaban J connectivity index is 1.39. The Labute approximate surface area is 192 Å². The second-order valence-corrected chi connectivity index (χ2v) is 8.66. The summed E-state index contributed by atoms with van der Waals surface area (Å²) in [6, 6.07) is 9.36. The second-order valence-electron chi connectivity index (χ2n) is 8.25. The summed E-state index contributed by atoms with van der Waals surface area (Å²) in [5, 5.41) is 12.3. The molecule has 2 N–H and O–H groups in total. The molecule has 0 spiro atoms. The number of fused-ring (bicyclic) bond motifs is 1. The van der Waals surface area contributed by atoms with E-state index in [2.05, 4.69) is 15.2 Å². The highest BCUT2D eigenvalue weighted by Crippen LogP contribution is 2.33. The number of amides is 2. The first-order chi connectivity index (χ1) is 15.5. The number of aliphatic hydroxyl groups is 1. The molecule has 1 aromatic heterocycles. The monoisotopic (exact) mass is 458 g/mol. The molecule has 32 heavy (non-hydrogen) atoms. The van der Waals surface area contributed by atoms with Crippen molar-refractivity contribution in [3.63, 3.8) is 0 Å². The maximum absolute atomic E-state index is 12.5. The van der Waals surface area contributed by atoms with E-state index in [0.717, 1.165) is 24.1 Å². The van der Waals surface area contributed by atoms with E-state index in [9.17, 15) is 9.59 Å². The average Bonchev–Trinajstić information content (AvgIpc) is 2.79. The molecule has 1 saturated heterocycles. The molecule has 0 saturated carbocycles. The van der Waals surface area contributed by atoms with Crippen molar-refractivity contribution in [2.24, 2.45) is 0 Å². The molecule has 170 valence electrons. The largest absolute Gasteiger partial charge is 0.444 e. The number of ether oxygens (including phenoxy) is 1. The van der Waals surface area contributed by atoms with E-state index in [1.807, 2.05) is 24.3 Å². The van der Waals surface area contributed by atoms with E-state index in [-0.39, 0.29) is 37.1 Å². The van der Waals surface area contributed by atoms with Gasteiger partial charge in [-0.15, -0.1) is 0 Å². The predicted octanol–water partition coefficient (Wildman–Crippen LogP) is 2.90. The van der Waals surface area contributed by atoms with Crippen molar-refractivity contribution in [3.05, 3.63) is 52.7 Å². The molecule has 4 rings (SSSR count). The van der Waals surface area contributed by atoms with Crippen LogP contribution in [0.25, 0.3) is 0 Å². The number of piperidine rings is 1. The van der Waals surface area contributed by atoms with E-state index >= 15 is 0 Å². The minimum atomic E-state index is -0.296. The fraction of sp³-hybridized carbons (Fsp3) is 0.435. The highest BCUT2D eigenvalue weighted by Gasteiger charge is 2.34. The number of cyclic esters (lactones) is 1. The van der Waals surface area contributed by atoms with Gasteiger partial charge < -0.3 is 20.1 Å². The van der Waals surface area contributed by atoms with Gasteiger partial charge >= 0.3 is 6.09 Å². The van der Waals surface area contributed by atoms with Gasteiger partial charge in [0.2, 0.25) is 5.91 Å². The molecule has 1 aromatic carbocycles. The maximum Gasteiger partial charge on any atom is 0.414 e. The Bertz CT molecular complexity index is 994. The quantitative estimate of drug-likeness (QED) is 0.691. The van der Waals surface area contributed by atoms with Crippen molar-refractivity contribution in [2.75, 3.05) is 29.5 Å². The first-order valence-electron chi connectivity index (χ1n) is 10.8. The number of aliphatic hydroxyl groups excluding tert-OH is 1. The third kappa shape index (κ3) is 4.81. The van der Waals surface area contributed by atoms with Gasteiger partial charge in [0.15, 0.2) is 0 Å². The molecule has 3 heterocycles. The zero-order valence-corrected chi connectivity index (χ0v) is 18.7. The molecule has 0 aliphatic carbocycles. The number of nitrogens with one attached hydrogen (secondary N) is 1. The number of nitrogens with zero attached hydrogens (tertiary/aromatic N) is 3. The Morgan fingerprint density at radius 2 is 2.09 bits per heavy atom. The number of benzene rings is 1. The number of hydrogen-bond donors (Lipinski definition) is 2. The standard InChI is InChI=1S/C23H27ClN4O4/c1-15(13-29)26-21(30)11-16-10-19(24)22(25-12-16)27-8-6-18(7-9-27)28-20-5-3-2-4-17(20)14-32-23(28)31/h2-5,10,12,15,18,29H,6-9,11,13-14H2,1H3,(H,26,30). The summed E-state index contributed by atoms with van der Waals surface area (Å²) in [4.78, 5) is 32.9. The van der Waals surface area contributed by atoms with Crippen LogP contribution in [0.15, 0.2) is 36.5 Å². The Kier molecular flexibility index (Phi) is 6.81. The number of carbonyl (C=O) groups excluding carboxylic acids is 2. The normalized spacial score (nSPS) is 17.5. The number of aromatic nitrogens is 1.